The van der Waals surface area contributed by atoms with Gasteiger partial charge in [-0.2, -0.15) is 13.7 Å². The summed E-state index contributed by atoms with van der Waals surface area (Å²) in [5, 5.41) is 11.3. The Morgan fingerprint density at radius 3 is 2.63 bits per heavy atom. The summed E-state index contributed by atoms with van der Waals surface area (Å²) in [6.45, 7) is 1.86. The van der Waals surface area contributed by atoms with Gasteiger partial charge in [0.1, 0.15) is 5.65 Å². The third kappa shape index (κ3) is 4.09. The van der Waals surface area contributed by atoms with E-state index in [-0.39, 0.29) is 17.2 Å². The zero-order valence-electron chi connectivity index (χ0n) is 20.5. The minimum absolute atomic E-state index is 0.105. The monoisotopic (exact) mass is 530 g/mol. The van der Waals surface area contributed by atoms with E-state index in [0.29, 0.717) is 27.5 Å². The van der Waals surface area contributed by atoms with Gasteiger partial charge >= 0.3 is 10.5 Å². The van der Waals surface area contributed by atoms with Crippen LogP contribution >= 0.6 is 0 Å². The number of nitriles is 1. The third-order valence-corrected chi connectivity index (χ3v) is 7.77. The molecule has 3 heterocycles. The molecule has 10 heteroatoms. The fourth-order valence-corrected chi connectivity index (χ4v) is 6.07. The maximum Gasteiger partial charge on any atom is 0.488 e. The van der Waals surface area contributed by atoms with Gasteiger partial charge in [-0.25, -0.2) is 0 Å². The summed E-state index contributed by atoms with van der Waals surface area (Å²) in [5.41, 5.74) is 4.62. The Balaban J connectivity index is 1.67. The first-order valence-electron chi connectivity index (χ1n) is 12.4. The van der Waals surface area contributed by atoms with Crippen LogP contribution in [-0.4, -0.2) is 23.0 Å². The molecule has 0 unspecified atom stereocenters. The minimum atomic E-state index is -5.20. The van der Waals surface area contributed by atoms with Crippen molar-refractivity contribution < 1.29 is 16.5 Å². The van der Waals surface area contributed by atoms with Crippen molar-refractivity contribution in [2.45, 2.75) is 45.1 Å². The quantitative estimate of drug-likeness (QED) is 0.286. The molecule has 0 saturated heterocycles. The van der Waals surface area contributed by atoms with Crippen LogP contribution in [0.5, 0.6) is 5.75 Å². The molecular formula is C28H23FN4O4S. The van der Waals surface area contributed by atoms with E-state index < -0.39 is 10.5 Å². The Hall–Kier alpha value is -4.23. The Kier molecular flexibility index (Phi) is 5.69. The molecule has 0 radical (unpaired) electrons. The second kappa shape index (κ2) is 8.96. The summed E-state index contributed by atoms with van der Waals surface area (Å²) < 4.78 is 41.8. The summed E-state index contributed by atoms with van der Waals surface area (Å²) >= 11 is 0. The predicted octanol–water partition coefficient (Wildman–Crippen LogP) is 5.98. The van der Waals surface area contributed by atoms with Crippen molar-refractivity contribution >= 4 is 43.3 Å². The van der Waals surface area contributed by atoms with Crippen molar-refractivity contribution in [3.05, 3.63) is 70.1 Å². The smallest absolute Gasteiger partial charge is 0.357 e. The topological polar surface area (TPSA) is 118 Å². The summed E-state index contributed by atoms with van der Waals surface area (Å²) in [5.74, 6) is -0.242. The average molecular weight is 531 g/mol. The number of H-pyrrole nitrogens is 1. The molecule has 1 fully saturated rings. The highest BCUT2D eigenvalue weighted by Gasteiger charge is 2.24. The second-order valence-corrected chi connectivity index (χ2v) is 10.7. The van der Waals surface area contributed by atoms with E-state index in [9.17, 15) is 22.4 Å². The fourth-order valence-electron chi connectivity index (χ4n) is 5.75. The van der Waals surface area contributed by atoms with Crippen molar-refractivity contribution in [2.24, 2.45) is 0 Å². The number of pyridine rings is 2. The maximum atomic E-state index is 13.9. The lowest BCUT2D eigenvalue weighted by Gasteiger charge is -2.27. The average Bonchev–Trinajstić information content (AvgIpc) is 3.27. The number of benzene rings is 2. The predicted molar refractivity (Wildman–Crippen MR) is 143 cm³/mol. The van der Waals surface area contributed by atoms with Crippen LogP contribution in [0, 0.1) is 18.3 Å². The van der Waals surface area contributed by atoms with Gasteiger partial charge in [-0.1, -0.05) is 29.2 Å². The number of hydrogen-bond acceptors (Lipinski definition) is 6. The van der Waals surface area contributed by atoms with Crippen LogP contribution in [0.3, 0.4) is 0 Å². The van der Waals surface area contributed by atoms with Gasteiger partial charge in [-0.3, -0.25) is 9.78 Å². The first-order chi connectivity index (χ1) is 18.2. The molecule has 6 rings (SSSR count). The molecule has 1 saturated carbocycles. The van der Waals surface area contributed by atoms with Crippen molar-refractivity contribution in [1.29, 1.82) is 5.26 Å². The first-order valence-corrected chi connectivity index (χ1v) is 13.7. The van der Waals surface area contributed by atoms with Crippen LogP contribution < -0.4 is 9.61 Å². The minimum Gasteiger partial charge on any atom is -0.357 e. The molecule has 1 aliphatic rings. The Bertz CT molecular complexity index is 1970. The zero-order valence-corrected chi connectivity index (χ0v) is 21.3. The van der Waals surface area contributed by atoms with Crippen LogP contribution in [-0.2, 0) is 10.5 Å². The van der Waals surface area contributed by atoms with Gasteiger partial charge in [0.2, 0.25) is 0 Å². The molecule has 0 spiro atoms. The molecule has 0 bridgehead atoms. The zero-order chi connectivity index (χ0) is 26.6. The summed E-state index contributed by atoms with van der Waals surface area (Å²) in [6.07, 6.45) is 7.92. The molecule has 0 amide bonds. The van der Waals surface area contributed by atoms with Crippen LogP contribution in [0.25, 0.3) is 44.0 Å². The molecule has 0 atom stereocenters. The van der Waals surface area contributed by atoms with Gasteiger partial charge in [-0.15, -0.1) is 0 Å². The number of fused-ring (bicyclic) bond motifs is 4. The molecule has 8 nitrogen and oxygen atoms in total. The van der Waals surface area contributed by atoms with E-state index in [4.69, 9.17) is 0 Å². The molecule has 192 valence electrons. The molecule has 2 aromatic carbocycles. The summed E-state index contributed by atoms with van der Waals surface area (Å²) in [6, 6.07) is 12.8. The Morgan fingerprint density at radius 2 is 1.89 bits per heavy atom. The molecule has 3 aromatic heterocycles. The molecule has 5 aromatic rings. The van der Waals surface area contributed by atoms with Gasteiger partial charge in [-0.05, 0) is 61.2 Å². The molecule has 38 heavy (non-hydrogen) atoms. The number of rotatable bonds is 4. The van der Waals surface area contributed by atoms with E-state index in [2.05, 4.69) is 24.8 Å². The number of hydrogen-bond donors (Lipinski definition) is 1. The van der Waals surface area contributed by atoms with Crippen molar-refractivity contribution in [1.82, 2.24) is 14.5 Å². The van der Waals surface area contributed by atoms with Crippen LogP contribution in [0.2, 0.25) is 0 Å². The molecule has 1 aliphatic carbocycles. The van der Waals surface area contributed by atoms with Gasteiger partial charge in [0.05, 0.1) is 28.7 Å². The number of nitrogens with one attached hydrogen (secondary N) is 1. The van der Waals surface area contributed by atoms with E-state index in [1.165, 1.54) is 6.07 Å². The van der Waals surface area contributed by atoms with Crippen LogP contribution in [0.15, 0.2) is 53.6 Å². The number of nitrogens with zero attached hydrogens (tertiary/aromatic N) is 3. The molecule has 1 N–H and O–H groups in total. The lowest BCUT2D eigenvalue weighted by Crippen LogP contribution is -2.18. The largest absolute Gasteiger partial charge is 0.488 e. The normalized spacial score (nSPS) is 14.8. The van der Waals surface area contributed by atoms with Gasteiger partial charge in [0, 0.05) is 34.1 Å². The lowest BCUT2D eigenvalue weighted by atomic mass is 9.93. The number of aryl methyl sites for hydroxylation is 1. The standard InChI is InChI=1S/C28H23FN4O4S/c1-16-9-23-25(12-22(16)18-11-20(15-31-14-18)37-38(29,35)36)33(19-5-3-2-4-6-19)28-26(27(23)34)21-8-7-17(13-30)10-24(21)32-28/h7-12,14-15,19,32H,2-6H2,1H3. The highest BCUT2D eigenvalue weighted by atomic mass is 32.3. The third-order valence-electron chi connectivity index (χ3n) is 7.38. The molecular weight excluding hydrogens is 507 g/mol. The summed E-state index contributed by atoms with van der Waals surface area (Å²) in [7, 11) is -5.20. The highest BCUT2D eigenvalue weighted by molar-refractivity contribution is 7.81. The van der Waals surface area contributed by atoms with Crippen LogP contribution in [0.1, 0.15) is 49.3 Å². The molecule has 0 aliphatic heterocycles. The van der Waals surface area contributed by atoms with Gasteiger partial charge in [0.25, 0.3) is 0 Å². The van der Waals surface area contributed by atoms with Gasteiger partial charge < -0.3 is 13.7 Å². The first kappa shape index (κ1) is 24.1. The van der Waals surface area contributed by atoms with Crippen molar-refractivity contribution in [3.8, 4) is 22.9 Å². The summed E-state index contributed by atoms with van der Waals surface area (Å²) in [4.78, 5) is 21.4. The van der Waals surface area contributed by atoms with Crippen molar-refractivity contribution in [3.63, 3.8) is 0 Å². The Labute approximate surface area is 217 Å². The maximum absolute atomic E-state index is 13.9. The number of aromatic amines is 1. The fraction of sp³-hybridized carbons (Fsp3) is 0.250. The number of halogens is 1. The highest BCUT2D eigenvalue weighted by Crippen LogP contribution is 2.38. The lowest BCUT2D eigenvalue weighted by molar-refractivity contribution is 0.365. The van der Waals surface area contributed by atoms with E-state index in [1.54, 1.807) is 18.3 Å². The van der Waals surface area contributed by atoms with Crippen LogP contribution in [0.4, 0.5) is 3.89 Å². The van der Waals surface area contributed by atoms with E-state index in [1.807, 2.05) is 25.1 Å². The number of aromatic nitrogens is 3. The second-order valence-electron chi connectivity index (χ2n) is 9.78. The van der Waals surface area contributed by atoms with Crippen molar-refractivity contribution in [2.75, 3.05) is 0 Å². The van der Waals surface area contributed by atoms with Gasteiger partial charge in [0.15, 0.2) is 11.2 Å². The SMILES string of the molecule is Cc1cc2c(=O)c3c4ccc(C#N)cc4[nH]c3n(C3CCCCC3)c2cc1-c1cncc(OS(=O)(=O)F)c1. The Morgan fingerprint density at radius 1 is 1.11 bits per heavy atom. The van der Waals surface area contributed by atoms with E-state index >= 15 is 0 Å². The van der Waals surface area contributed by atoms with E-state index in [0.717, 1.165) is 65.8 Å².